The van der Waals surface area contributed by atoms with E-state index in [-0.39, 0.29) is 23.2 Å². The van der Waals surface area contributed by atoms with E-state index in [2.05, 4.69) is 10.4 Å². The summed E-state index contributed by atoms with van der Waals surface area (Å²) >= 11 is 0. The maximum absolute atomic E-state index is 13.5. The number of hydrogen-bond donors (Lipinski definition) is 1. The minimum absolute atomic E-state index is 0.0196. The summed E-state index contributed by atoms with van der Waals surface area (Å²) in [5, 5.41) is 6.84. The highest BCUT2D eigenvalue weighted by atomic mass is 19.3. The molecule has 0 bridgehead atoms. The standard InChI is InChI=1S/C21H21F4N3O2/c1-28-19(26-15(29)10-14-11-20(22,23)21(14,24)25)16(12-8-5-9-12)17(27-28)18(30)13-6-3-2-4-7-13/h2-4,6-7,12,14H,5,8-11H2,1H3,(H,26,29)/t14-/m1/s1. The molecule has 1 aromatic carbocycles. The van der Waals surface area contributed by atoms with Gasteiger partial charge in [0.25, 0.3) is 0 Å². The molecule has 2 saturated carbocycles. The number of rotatable bonds is 6. The predicted molar refractivity (Wildman–Crippen MR) is 101 cm³/mol. The molecule has 1 amide bonds. The molecule has 2 aliphatic carbocycles. The number of anilines is 1. The molecule has 1 N–H and O–H groups in total. The highest BCUT2D eigenvalue weighted by molar-refractivity contribution is 6.10. The monoisotopic (exact) mass is 423 g/mol. The number of nitrogens with zero attached hydrogens (tertiary/aromatic N) is 2. The van der Waals surface area contributed by atoms with Gasteiger partial charge in [0, 0.05) is 36.9 Å². The van der Waals surface area contributed by atoms with Crippen LogP contribution in [-0.2, 0) is 11.8 Å². The molecule has 4 rings (SSSR count). The molecule has 5 nitrogen and oxygen atoms in total. The summed E-state index contributed by atoms with van der Waals surface area (Å²) in [6.45, 7) is 0. The van der Waals surface area contributed by atoms with Gasteiger partial charge in [-0.1, -0.05) is 36.8 Å². The van der Waals surface area contributed by atoms with Crippen LogP contribution in [0.2, 0.25) is 0 Å². The zero-order chi connectivity index (χ0) is 21.7. The molecule has 0 radical (unpaired) electrons. The van der Waals surface area contributed by atoms with Crippen LogP contribution in [0.3, 0.4) is 0 Å². The maximum Gasteiger partial charge on any atom is 0.313 e. The van der Waals surface area contributed by atoms with Crippen molar-refractivity contribution < 1.29 is 27.2 Å². The first-order valence-electron chi connectivity index (χ1n) is 9.84. The van der Waals surface area contributed by atoms with E-state index < -0.39 is 36.5 Å². The van der Waals surface area contributed by atoms with Crippen molar-refractivity contribution in [1.29, 1.82) is 0 Å². The predicted octanol–water partition coefficient (Wildman–Crippen LogP) is 4.54. The SMILES string of the molecule is Cn1nc(C(=O)c2ccccc2)c(C2CCC2)c1NC(=O)C[C@@H]1CC(F)(F)C1(F)F. The van der Waals surface area contributed by atoms with Crippen molar-refractivity contribution in [3.8, 4) is 0 Å². The van der Waals surface area contributed by atoms with Crippen LogP contribution in [0, 0.1) is 5.92 Å². The number of aryl methyl sites for hydroxylation is 1. The first-order valence-corrected chi connectivity index (χ1v) is 9.84. The van der Waals surface area contributed by atoms with Gasteiger partial charge in [-0.25, -0.2) is 0 Å². The summed E-state index contributed by atoms with van der Waals surface area (Å²) in [4.78, 5) is 25.4. The normalized spacial score (nSPS) is 22.1. The number of aromatic nitrogens is 2. The molecule has 1 atom stereocenters. The second-order valence-corrected chi connectivity index (χ2v) is 8.04. The van der Waals surface area contributed by atoms with E-state index in [9.17, 15) is 27.2 Å². The van der Waals surface area contributed by atoms with Gasteiger partial charge in [-0.3, -0.25) is 14.3 Å². The summed E-state index contributed by atoms with van der Waals surface area (Å²) in [5.74, 6) is -10.8. The molecule has 1 heterocycles. The van der Waals surface area contributed by atoms with Gasteiger partial charge in [-0.15, -0.1) is 0 Å². The van der Waals surface area contributed by atoms with Crippen LogP contribution >= 0.6 is 0 Å². The lowest BCUT2D eigenvalue weighted by Crippen LogP contribution is -2.59. The third-order valence-electron chi connectivity index (χ3n) is 6.04. The molecule has 2 aromatic rings. The minimum atomic E-state index is -4.19. The Labute approximate surface area is 170 Å². The highest BCUT2D eigenvalue weighted by Crippen LogP contribution is 2.56. The van der Waals surface area contributed by atoms with Crippen LogP contribution in [-0.4, -0.2) is 33.3 Å². The summed E-state index contributed by atoms with van der Waals surface area (Å²) in [6.07, 6.45) is 0.855. The molecular weight excluding hydrogens is 402 g/mol. The fourth-order valence-electron chi connectivity index (χ4n) is 4.01. The zero-order valence-corrected chi connectivity index (χ0v) is 16.3. The number of nitrogens with one attached hydrogen (secondary N) is 1. The number of carbonyl (C=O) groups excluding carboxylic acids is 2. The maximum atomic E-state index is 13.5. The van der Waals surface area contributed by atoms with Gasteiger partial charge in [0.2, 0.25) is 11.7 Å². The van der Waals surface area contributed by atoms with Crippen molar-refractivity contribution in [1.82, 2.24) is 9.78 Å². The molecule has 1 aromatic heterocycles. The average molecular weight is 423 g/mol. The quantitative estimate of drug-likeness (QED) is 0.548. The number of hydrogen-bond acceptors (Lipinski definition) is 3. The Balaban J connectivity index is 1.58. The molecule has 0 aliphatic heterocycles. The van der Waals surface area contributed by atoms with E-state index >= 15 is 0 Å². The van der Waals surface area contributed by atoms with Gasteiger partial charge in [0.1, 0.15) is 11.5 Å². The highest BCUT2D eigenvalue weighted by Gasteiger charge is 2.71. The second kappa shape index (κ2) is 7.21. The van der Waals surface area contributed by atoms with Crippen molar-refractivity contribution >= 4 is 17.5 Å². The lowest BCUT2D eigenvalue weighted by atomic mass is 9.74. The minimum Gasteiger partial charge on any atom is -0.311 e. The Morgan fingerprint density at radius 2 is 1.83 bits per heavy atom. The van der Waals surface area contributed by atoms with Gasteiger partial charge < -0.3 is 5.32 Å². The Morgan fingerprint density at radius 3 is 2.37 bits per heavy atom. The Hall–Kier alpha value is -2.71. The Morgan fingerprint density at radius 1 is 1.17 bits per heavy atom. The molecule has 2 fully saturated rings. The summed E-state index contributed by atoms with van der Waals surface area (Å²) in [5.41, 5.74) is 1.24. The van der Waals surface area contributed by atoms with Crippen LogP contribution in [0.4, 0.5) is 23.4 Å². The second-order valence-electron chi connectivity index (χ2n) is 8.04. The number of carbonyl (C=O) groups is 2. The number of alkyl halides is 4. The number of amides is 1. The van der Waals surface area contributed by atoms with E-state index in [4.69, 9.17) is 0 Å². The summed E-state index contributed by atoms with van der Waals surface area (Å²) in [7, 11) is 1.55. The van der Waals surface area contributed by atoms with Crippen LogP contribution in [0.5, 0.6) is 0 Å². The zero-order valence-electron chi connectivity index (χ0n) is 16.3. The van der Waals surface area contributed by atoms with Crippen molar-refractivity contribution in [2.45, 2.75) is 49.9 Å². The number of ketones is 1. The molecule has 9 heteroatoms. The fraction of sp³-hybridized carbons (Fsp3) is 0.476. The molecule has 2 aliphatic rings. The lowest BCUT2D eigenvalue weighted by molar-refractivity contribution is -0.313. The molecule has 0 spiro atoms. The van der Waals surface area contributed by atoms with Gasteiger partial charge in [0.05, 0.1) is 0 Å². The van der Waals surface area contributed by atoms with E-state index in [0.29, 0.717) is 11.1 Å². The van der Waals surface area contributed by atoms with Crippen molar-refractivity contribution in [2.75, 3.05) is 5.32 Å². The topological polar surface area (TPSA) is 64.0 Å². The van der Waals surface area contributed by atoms with Crippen LogP contribution in [0.25, 0.3) is 0 Å². The molecule has 160 valence electrons. The largest absolute Gasteiger partial charge is 0.313 e. The molecule has 30 heavy (non-hydrogen) atoms. The lowest BCUT2D eigenvalue weighted by Gasteiger charge is -2.43. The first-order chi connectivity index (χ1) is 14.1. The molecule has 0 unspecified atom stereocenters. The van der Waals surface area contributed by atoms with E-state index in [1.807, 2.05) is 0 Å². The third kappa shape index (κ3) is 3.30. The van der Waals surface area contributed by atoms with E-state index in [1.54, 1.807) is 37.4 Å². The molecule has 0 saturated heterocycles. The average Bonchev–Trinajstić information content (AvgIpc) is 2.96. The Bertz CT molecular complexity index is 984. The van der Waals surface area contributed by atoms with E-state index in [1.165, 1.54) is 4.68 Å². The van der Waals surface area contributed by atoms with Crippen molar-refractivity contribution in [2.24, 2.45) is 13.0 Å². The molecular formula is C21H21F4N3O2. The number of benzene rings is 1. The smallest absolute Gasteiger partial charge is 0.311 e. The van der Waals surface area contributed by atoms with Gasteiger partial charge in [-0.2, -0.15) is 22.7 Å². The van der Waals surface area contributed by atoms with Gasteiger partial charge >= 0.3 is 11.8 Å². The summed E-state index contributed by atoms with van der Waals surface area (Å²) < 4.78 is 54.5. The first kappa shape index (κ1) is 20.6. The summed E-state index contributed by atoms with van der Waals surface area (Å²) in [6, 6.07) is 8.58. The van der Waals surface area contributed by atoms with Gasteiger partial charge in [0.15, 0.2) is 0 Å². The van der Waals surface area contributed by atoms with Crippen LogP contribution in [0.1, 0.15) is 59.6 Å². The van der Waals surface area contributed by atoms with Crippen LogP contribution < -0.4 is 5.32 Å². The van der Waals surface area contributed by atoms with E-state index in [0.717, 1.165) is 19.3 Å². The fourth-order valence-corrected chi connectivity index (χ4v) is 4.01. The third-order valence-corrected chi connectivity index (χ3v) is 6.04. The Kier molecular flexibility index (Phi) is 4.94. The van der Waals surface area contributed by atoms with Crippen molar-refractivity contribution in [3.05, 3.63) is 47.2 Å². The van der Waals surface area contributed by atoms with Gasteiger partial charge in [-0.05, 0) is 18.8 Å². The number of halogens is 4. The van der Waals surface area contributed by atoms with Crippen LogP contribution in [0.15, 0.2) is 30.3 Å². The van der Waals surface area contributed by atoms with Crippen molar-refractivity contribution in [3.63, 3.8) is 0 Å².